The monoisotopic (exact) mass is 384 g/mol. The zero-order valence-electron chi connectivity index (χ0n) is 15.7. The van der Waals surface area contributed by atoms with Gasteiger partial charge in [-0.15, -0.1) is 0 Å². The van der Waals surface area contributed by atoms with Crippen molar-refractivity contribution in [3.63, 3.8) is 0 Å². The number of benzene rings is 1. The Morgan fingerprint density at radius 1 is 1.27 bits per heavy atom. The van der Waals surface area contributed by atoms with Crippen LogP contribution in [0.4, 0.5) is 0 Å². The van der Waals surface area contributed by atoms with E-state index in [1.165, 1.54) is 10.6 Å². The Balaban J connectivity index is 1.80. The summed E-state index contributed by atoms with van der Waals surface area (Å²) in [6, 6.07) is 5.72. The molecule has 7 nitrogen and oxygen atoms in total. The van der Waals surface area contributed by atoms with Gasteiger partial charge in [-0.25, -0.2) is 12.7 Å². The highest BCUT2D eigenvalue weighted by atomic mass is 32.2. The molecule has 1 amide bonds. The summed E-state index contributed by atoms with van der Waals surface area (Å²) in [6.07, 6.45) is 3.50. The minimum absolute atomic E-state index is 0.0179. The quantitative estimate of drug-likeness (QED) is 0.735. The normalized spacial score (nSPS) is 16.3. The van der Waals surface area contributed by atoms with Crippen LogP contribution in [-0.4, -0.2) is 57.7 Å². The molecule has 146 valence electrons. The second-order valence-electron chi connectivity index (χ2n) is 6.42. The number of nitrogens with one attached hydrogen (secondary N) is 1. The Hall–Kier alpha value is -1.80. The second-order valence-corrected chi connectivity index (χ2v) is 8.40. The third-order valence-corrected chi connectivity index (χ3v) is 5.76. The van der Waals surface area contributed by atoms with Crippen LogP contribution in [0.25, 0.3) is 0 Å². The first kappa shape index (κ1) is 20.5. The Morgan fingerprint density at radius 3 is 2.54 bits per heavy atom. The summed E-state index contributed by atoms with van der Waals surface area (Å²) >= 11 is 0. The predicted molar refractivity (Wildman–Crippen MR) is 100 cm³/mol. The minimum atomic E-state index is -3.14. The number of ether oxygens (including phenoxy) is 2. The van der Waals surface area contributed by atoms with E-state index in [4.69, 9.17) is 9.47 Å². The molecule has 0 saturated carbocycles. The van der Waals surface area contributed by atoms with E-state index in [0.717, 1.165) is 5.56 Å². The van der Waals surface area contributed by atoms with Crippen molar-refractivity contribution in [1.29, 1.82) is 0 Å². The van der Waals surface area contributed by atoms with Crippen molar-refractivity contribution >= 4 is 15.9 Å². The Morgan fingerprint density at radius 2 is 1.96 bits per heavy atom. The second kappa shape index (κ2) is 9.23. The summed E-state index contributed by atoms with van der Waals surface area (Å²) in [4.78, 5) is 12.2. The zero-order valence-corrected chi connectivity index (χ0v) is 16.5. The maximum absolute atomic E-state index is 12.2. The number of carbonyl (C=O) groups is 1. The lowest BCUT2D eigenvalue weighted by molar-refractivity contribution is -0.122. The van der Waals surface area contributed by atoms with Gasteiger partial charge >= 0.3 is 0 Å². The van der Waals surface area contributed by atoms with E-state index in [9.17, 15) is 13.2 Å². The molecule has 1 heterocycles. The van der Waals surface area contributed by atoms with E-state index in [2.05, 4.69) is 5.32 Å². The van der Waals surface area contributed by atoms with E-state index in [0.29, 0.717) is 56.9 Å². The van der Waals surface area contributed by atoms with Gasteiger partial charge in [-0.05, 0) is 43.9 Å². The van der Waals surface area contributed by atoms with Crippen molar-refractivity contribution in [2.45, 2.75) is 38.6 Å². The SMILES string of the molecule is CCOc1ccc(CCC(=O)NC2CCN(S(C)(=O)=O)CC2)cc1OC. The van der Waals surface area contributed by atoms with E-state index >= 15 is 0 Å². The van der Waals surface area contributed by atoms with Crippen LogP contribution in [0.5, 0.6) is 11.5 Å². The molecule has 0 bridgehead atoms. The molecular formula is C18H28N2O5S. The Labute approximate surface area is 155 Å². The number of hydrogen-bond donors (Lipinski definition) is 1. The van der Waals surface area contributed by atoms with Gasteiger partial charge in [0, 0.05) is 25.6 Å². The summed E-state index contributed by atoms with van der Waals surface area (Å²) in [5, 5.41) is 3.01. The first-order valence-corrected chi connectivity index (χ1v) is 10.7. The van der Waals surface area contributed by atoms with Gasteiger partial charge < -0.3 is 14.8 Å². The molecule has 1 aliphatic rings. The molecule has 0 radical (unpaired) electrons. The van der Waals surface area contributed by atoms with Crippen molar-refractivity contribution in [3.05, 3.63) is 23.8 Å². The molecule has 2 rings (SSSR count). The Bertz CT molecular complexity index is 712. The highest BCUT2D eigenvalue weighted by molar-refractivity contribution is 7.88. The van der Waals surface area contributed by atoms with Gasteiger partial charge in [0.25, 0.3) is 0 Å². The van der Waals surface area contributed by atoms with Gasteiger partial charge in [-0.1, -0.05) is 6.07 Å². The van der Waals surface area contributed by atoms with Crippen LogP contribution in [0, 0.1) is 0 Å². The van der Waals surface area contributed by atoms with E-state index in [1.54, 1.807) is 7.11 Å². The minimum Gasteiger partial charge on any atom is -0.493 e. The number of hydrogen-bond acceptors (Lipinski definition) is 5. The van der Waals surface area contributed by atoms with Crippen LogP contribution >= 0.6 is 0 Å². The Kier molecular flexibility index (Phi) is 7.28. The molecule has 1 N–H and O–H groups in total. The molecule has 0 unspecified atom stereocenters. The van der Waals surface area contributed by atoms with Crippen molar-refractivity contribution in [2.24, 2.45) is 0 Å². The first-order chi connectivity index (χ1) is 12.3. The average molecular weight is 384 g/mol. The van der Waals surface area contributed by atoms with Crippen LogP contribution in [-0.2, 0) is 21.2 Å². The third kappa shape index (κ3) is 5.88. The van der Waals surface area contributed by atoms with Gasteiger partial charge in [-0.3, -0.25) is 4.79 Å². The van der Waals surface area contributed by atoms with Crippen molar-refractivity contribution in [3.8, 4) is 11.5 Å². The number of carbonyl (C=O) groups excluding carboxylic acids is 1. The van der Waals surface area contributed by atoms with Gasteiger partial charge in [0.15, 0.2) is 11.5 Å². The molecule has 1 aromatic carbocycles. The molecule has 1 fully saturated rings. The lowest BCUT2D eigenvalue weighted by atomic mass is 10.1. The van der Waals surface area contributed by atoms with Crippen molar-refractivity contribution in [1.82, 2.24) is 9.62 Å². The van der Waals surface area contributed by atoms with Crippen LogP contribution in [0.15, 0.2) is 18.2 Å². The van der Waals surface area contributed by atoms with E-state index in [-0.39, 0.29) is 11.9 Å². The number of nitrogens with zero attached hydrogens (tertiary/aromatic N) is 1. The highest BCUT2D eigenvalue weighted by Crippen LogP contribution is 2.28. The largest absolute Gasteiger partial charge is 0.493 e. The zero-order chi connectivity index (χ0) is 19.2. The van der Waals surface area contributed by atoms with Crippen LogP contribution < -0.4 is 14.8 Å². The summed E-state index contributed by atoms with van der Waals surface area (Å²) in [6.45, 7) is 3.40. The fraction of sp³-hybridized carbons (Fsp3) is 0.611. The molecular weight excluding hydrogens is 356 g/mol. The summed E-state index contributed by atoms with van der Waals surface area (Å²) in [5.74, 6) is 1.34. The van der Waals surface area contributed by atoms with Crippen molar-refractivity contribution < 1.29 is 22.7 Å². The predicted octanol–water partition coefficient (Wildman–Crippen LogP) is 1.57. The average Bonchev–Trinajstić information content (AvgIpc) is 2.60. The van der Waals surface area contributed by atoms with Gasteiger partial charge in [0.1, 0.15) is 0 Å². The molecule has 1 saturated heterocycles. The molecule has 1 aromatic rings. The summed E-state index contributed by atoms with van der Waals surface area (Å²) in [5.41, 5.74) is 1.01. The van der Waals surface area contributed by atoms with E-state index in [1.807, 2.05) is 25.1 Å². The van der Waals surface area contributed by atoms with Crippen LogP contribution in [0.3, 0.4) is 0 Å². The number of aryl methyl sites for hydroxylation is 1. The highest BCUT2D eigenvalue weighted by Gasteiger charge is 2.25. The summed E-state index contributed by atoms with van der Waals surface area (Å²) in [7, 11) is -1.55. The standard InChI is InChI=1S/C18H28N2O5S/c1-4-25-16-7-5-14(13-17(16)24-2)6-8-18(21)19-15-9-11-20(12-10-15)26(3,22)23/h5,7,13,15H,4,6,8-12H2,1-3H3,(H,19,21). The molecule has 0 aromatic heterocycles. The van der Waals surface area contributed by atoms with Gasteiger partial charge in [-0.2, -0.15) is 0 Å². The first-order valence-electron chi connectivity index (χ1n) is 8.87. The lowest BCUT2D eigenvalue weighted by Gasteiger charge is -2.30. The number of methoxy groups -OCH3 is 1. The fourth-order valence-electron chi connectivity index (χ4n) is 3.03. The van der Waals surface area contributed by atoms with Gasteiger partial charge in [0.05, 0.1) is 20.0 Å². The van der Waals surface area contributed by atoms with Gasteiger partial charge in [0.2, 0.25) is 15.9 Å². The number of rotatable bonds is 8. The summed E-state index contributed by atoms with van der Waals surface area (Å²) < 4.78 is 35.3. The van der Waals surface area contributed by atoms with E-state index < -0.39 is 10.0 Å². The number of amides is 1. The van der Waals surface area contributed by atoms with Crippen LogP contribution in [0.2, 0.25) is 0 Å². The third-order valence-electron chi connectivity index (χ3n) is 4.46. The maximum atomic E-state index is 12.2. The molecule has 0 atom stereocenters. The maximum Gasteiger partial charge on any atom is 0.220 e. The molecule has 26 heavy (non-hydrogen) atoms. The topological polar surface area (TPSA) is 84.9 Å². The molecule has 0 spiro atoms. The fourth-order valence-corrected chi connectivity index (χ4v) is 3.91. The number of piperidine rings is 1. The molecule has 0 aliphatic carbocycles. The molecule has 1 aliphatic heterocycles. The lowest BCUT2D eigenvalue weighted by Crippen LogP contribution is -2.46. The van der Waals surface area contributed by atoms with Crippen molar-refractivity contribution in [2.75, 3.05) is 33.1 Å². The molecule has 8 heteroatoms. The number of sulfonamides is 1. The van der Waals surface area contributed by atoms with Crippen LogP contribution in [0.1, 0.15) is 31.7 Å². The smallest absolute Gasteiger partial charge is 0.220 e.